The standard InChI is InChI=1S/C13H20O4/c1-12(2,3)17-11(16)13-6-4-8(10(13)15)9(14)5-7-13/h8-9,14H,4-7H2,1-3H3. The van der Waals surface area contributed by atoms with E-state index >= 15 is 0 Å². The van der Waals surface area contributed by atoms with E-state index in [9.17, 15) is 14.7 Å². The first-order valence-corrected chi connectivity index (χ1v) is 6.22. The van der Waals surface area contributed by atoms with Gasteiger partial charge in [-0.1, -0.05) is 0 Å². The lowest BCUT2D eigenvalue weighted by molar-refractivity contribution is -0.172. The molecule has 0 aromatic rings. The van der Waals surface area contributed by atoms with E-state index in [4.69, 9.17) is 4.74 Å². The third-order valence-electron chi connectivity index (χ3n) is 3.81. The number of Topliss-reactive ketones (excluding diaryl/α,β-unsaturated/α-hetero) is 1. The highest BCUT2D eigenvalue weighted by Gasteiger charge is 2.59. The van der Waals surface area contributed by atoms with E-state index in [1.807, 2.05) is 0 Å². The Morgan fingerprint density at radius 1 is 1.35 bits per heavy atom. The molecule has 0 saturated heterocycles. The van der Waals surface area contributed by atoms with Crippen LogP contribution in [0.15, 0.2) is 0 Å². The van der Waals surface area contributed by atoms with Gasteiger partial charge < -0.3 is 9.84 Å². The average molecular weight is 240 g/mol. The Kier molecular flexibility index (Phi) is 2.81. The zero-order valence-electron chi connectivity index (χ0n) is 10.7. The molecule has 2 aliphatic carbocycles. The van der Waals surface area contributed by atoms with Crippen molar-refractivity contribution in [3.05, 3.63) is 0 Å². The minimum absolute atomic E-state index is 0.106. The van der Waals surface area contributed by atoms with E-state index in [0.717, 1.165) is 0 Å². The van der Waals surface area contributed by atoms with Crippen LogP contribution in [0.5, 0.6) is 0 Å². The van der Waals surface area contributed by atoms with E-state index in [1.54, 1.807) is 20.8 Å². The van der Waals surface area contributed by atoms with Crippen LogP contribution in [0.3, 0.4) is 0 Å². The van der Waals surface area contributed by atoms with Crippen LogP contribution in [0, 0.1) is 11.3 Å². The third-order valence-corrected chi connectivity index (χ3v) is 3.81. The van der Waals surface area contributed by atoms with Gasteiger partial charge in [-0.05, 0) is 46.5 Å². The minimum Gasteiger partial charge on any atom is -0.459 e. The normalized spacial score (nSPS) is 37.1. The van der Waals surface area contributed by atoms with Crippen molar-refractivity contribution >= 4 is 11.8 Å². The lowest BCUT2D eigenvalue weighted by atomic mass is 9.73. The summed E-state index contributed by atoms with van der Waals surface area (Å²) in [6.07, 6.45) is 1.52. The molecule has 0 amide bonds. The highest BCUT2D eigenvalue weighted by atomic mass is 16.6. The summed E-state index contributed by atoms with van der Waals surface area (Å²) in [6.45, 7) is 5.41. The van der Waals surface area contributed by atoms with Crippen LogP contribution in [0.25, 0.3) is 0 Å². The number of carbonyl (C=O) groups is 2. The maximum Gasteiger partial charge on any atom is 0.320 e. The molecule has 96 valence electrons. The predicted octanol–water partition coefficient (Wildman–Crippen LogP) is 1.45. The monoisotopic (exact) mass is 240 g/mol. The van der Waals surface area contributed by atoms with Crippen molar-refractivity contribution < 1.29 is 19.4 Å². The van der Waals surface area contributed by atoms with Crippen molar-refractivity contribution in [2.45, 2.75) is 58.2 Å². The van der Waals surface area contributed by atoms with Gasteiger partial charge in [0.2, 0.25) is 0 Å². The molecule has 2 saturated carbocycles. The molecular weight excluding hydrogens is 220 g/mol. The van der Waals surface area contributed by atoms with E-state index in [0.29, 0.717) is 25.7 Å². The second kappa shape index (κ2) is 3.80. The number of fused-ring (bicyclic) bond motifs is 2. The summed E-state index contributed by atoms with van der Waals surface area (Å²) in [4.78, 5) is 24.4. The van der Waals surface area contributed by atoms with Crippen LogP contribution >= 0.6 is 0 Å². The SMILES string of the molecule is CC(C)(C)OC(=O)C12CCC(O)C(CC1)C2=O. The Morgan fingerprint density at radius 2 is 1.94 bits per heavy atom. The summed E-state index contributed by atoms with van der Waals surface area (Å²) in [5.74, 6) is -0.855. The lowest BCUT2D eigenvalue weighted by Crippen LogP contribution is -2.47. The van der Waals surface area contributed by atoms with Crippen molar-refractivity contribution in [1.82, 2.24) is 0 Å². The summed E-state index contributed by atoms with van der Waals surface area (Å²) in [6, 6.07) is 0. The van der Waals surface area contributed by atoms with Gasteiger partial charge in [0, 0.05) is 5.92 Å². The topological polar surface area (TPSA) is 63.6 Å². The summed E-state index contributed by atoms with van der Waals surface area (Å²) in [7, 11) is 0. The summed E-state index contributed by atoms with van der Waals surface area (Å²) in [5, 5.41) is 9.72. The van der Waals surface area contributed by atoms with Gasteiger partial charge in [-0.25, -0.2) is 0 Å². The van der Waals surface area contributed by atoms with Gasteiger partial charge in [-0.2, -0.15) is 0 Å². The van der Waals surface area contributed by atoms with Crippen LogP contribution in [0.4, 0.5) is 0 Å². The lowest BCUT2D eigenvalue weighted by Gasteiger charge is -2.34. The van der Waals surface area contributed by atoms with Crippen LogP contribution in [-0.2, 0) is 14.3 Å². The van der Waals surface area contributed by atoms with Gasteiger partial charge >= 0.3 is 5.97 Å². The van der Waals surface area contributed by atoms with Gasteiger partial charge in [0.1, 0.15) is 11.0 Å². The van der Waals surface area contributed by atoms with Gasteiger partial charge in [0.25, 0.3) is 0 Å². The maximum atomic E-state index is 12.2. The molecule has 3 unspecified atom stereocenters. The number of aliphatic hydroxyl groups is 1. The maximum absolute atomic E-state index is 12.2. The Labute approximate surface area is 101 Å². The minimum atomic E-state index is -0.961. The van der Waals surface area contributed by atoms with Crippen molar-refractivity contribution in [2.24, 2.45) is 11.3 Å². The number of ether oxygens (including phenoxy) is 1. The molecule has 0 heterocycles. The number of aliphatic hydroxyl groups excluding tert-OH is 1. The largest absolute Gasteiger partial charge is 0.459 e. The highest BCUT2D eigenvalue weighted by molar-refractivity contribution is 6.07. The van der Waals surface area contributed by atoms with E-state index in [2.05, 4.69) is 0 Å². The summed E-state index contributed by atoms with van der Waals surface area (Å²) in [5.41, 5.74) is -1.53. The average Bonchev–Trinajstić information content (AvgIpc) is 2.39. The molecule has 0 radical (unpaired) electrons. The Hall–Kier alpha value is -0.900. The van der Waals surface area contributed by atoms with Crippen molar-refractivity contribution in [3.63, 3.8) is 0 Å². The quantitative estimate of drug-likeness (QED) is 0.556. The fraction of sp³-hybridized carbons (Fsp3) is 0.846. The fourth-order valence-corrected chi connectivity index (χ4v) is 2.90. The third kappa shape index (κ3) is 1.99. The highest BCUT2D eigenvalue weighted by Crippen LogP contribution is 2.49. The molecule has 0 aliphatic heterocycles. The molecule has 1 N–H and O–H groups in total. The molecular formula is C13H20O4. The molecule has 17 heavy (non-hydrogen) atoms. The van der Waals surface area contributed by atoms with Crippen molar-refractivity contribution in [3.8, 4) is 0 Å². The van der Waals surface area contributed by atoms with Gasteiger partial charge in [0.05, 0.1) is 6.10 Å². The first-order valence-electron chi connectivity index (χ1n) is 6.22. The van der Waals surface area contributed by atoms with Gasteiger partial charge in [0.15, 0.2) is 5.78 Å². The van der Waals surface area contributed by atoms with Gasteiger partial charge in [-0.3, -0.25) is 9.59 Å². The number of ketones is 1. The van der Waals surface area contributed by atoms with Gasteiger partial charge in [-0.15, -0.1) is 0 Å². The zero-order chi connectivity index (χ0) is 12.8. The summed E-state index contributed by atoms with van der Waals surface area (Å²) >= 11 is 0. The Morgan fingerprint density at radius 3 is 2.53 bits per heavy atom. The van der Waals surface area contributed by atoms with Crippen LogP contribution in [0.1, 0.15) is 46.5 Å². The number of hydrogen-bond donors (Lipinski definition) is 1. The molecule has 2 aliphatic rings. The van der Waals surface area contributed by atoms with Crippen LogP contribution in [-0.4, -0.2) is 28.6 Å². The predicted molar refractivity (Wildman–Crippen MR) is 61.2 cm³/mol. The number of hydrogen-bond acceptors (Lipinski definition) is 4. The van der Waals surface area contributed by atoms with Crippen LogP contribution in [0.2, 0.25) is 0 Å². The molecule has 2 fully saturated rings. The molecule has 0 aromatic heterocycles. The van der Waals surface area contributed by atoms with Crippen molar-refractivity contribution in [2.75, 3.05) is 0 Å². The second-order valence-corrected chi connectivity index (χ2v) is 6.20. The van der Waals surface area contributed by atoms with E-state index < -0.39 is 23.1 Å². The molecule has 2 rings (SSSR count). The number of carbonyl (C=O) groups excluding carboxylic acids is 2. The number of esters is 1. The zero-order valence-corrected chi connectivity index (χ0v) is 10.7. The molecule has 0 aromatic carbocycles. The second-order valence-electron chi connectivity index (χ2n) is 6.20. The van der Waals surface area contributed by atoms with Crippen LogP contribution < -0.4 is 0 Å². The van der Waals surface area contributed by atoms with E-state index in [-0.39, 0.29) is 11.7 Å². The number of rotatable bonds is 1. The first kappa shape index (κ1) is 12.6. The first-order chi connectivity index (χ1) is 7.76. The molecule has 3 atom stereocenters. The molecule has 0 spiro atoms. The fourth-order valence-electron chi connectivity index (χ4n) is 2.90. The van der Waals surface area contributed by atoms with Crippen molar-refractivity contribution in [1.29, 1.82) is 0 Å². The van der Waals surface area contributed by atoms with E-state index in [1.165, 1.54) is 0 Å². The molecule has 4 nitrogen and oxygen atoms in total. The smallest absolute Gasteiger partial charge is 0.320 e. The molecule has 2 bridgehead atoms. The Bertz CT molecular complexity index is 355. The summed E-state index contributed by atoms with van der Waals surface area (Å²) < 4.78 is 5.36. The Balaban J connectivity index is 2.20. The molecule has 4 heteroatoms.